The lowest BCUT2D eigenvalue weighted by Crippen LogP contribution is -2.44. The summed E-state index contributed by atoms with van der Waals surface area (Å²) >= 11 is 7.48. The molecule has 1 aliphatic rings. The van der Waals surface area contributed by atoms with Gasteiger partial charge in [-0.3, -0.25) is 0 Å². The number of benzene rings is 1. The van der Waals surface area contributed by atoms with Crippen LogP contribution in [-0.2, 0) is 16.6 Å². The summed E-state index contributed by atoms with van der Waals surface area (Å²) in [6.45, 7) is 1.54. The topological polar surface area (TPSA) is 57.6 Å². The predicted molar refractivity (Wildman–Crippen MR) is 78.0 cm³/mol. The van der Waals surface area contributed by atoms with Crippen molar-refractivity contribution in [2.75, 3.05) is 18.1 Å². The number of hydrogen-bond donors (Lipinski definition) is 1. The molecule has 20 heavy (non-hydrogen) atoms. The van der Waals surface area contributed by atoms with Crippen molar-refractivity contribution in [2.24, 2.45) is 0 Å². The third-order valence-corrected chi connectivity index (χ3v) is 6.56. The van der Waals surface area contributed by atoms with E-state index in [1.165, 1.54) is 10.4 Å². The average Bonchev–Trinajstić information content (AvgIpc) is 2.41. The summed E-state index contributed by atoms with van der Waals surface area (Å²) < 4.78 is 40.6. The Bertz CT molecular complexity index is 609. The van der Waals surface area contributed by atoms with E-state index in [0.717, 1.165) is 6.07 Å². The van der Waals surface area contributed by atoms with Crippen molar-refractivity contribution in [3.05, 3.63) is 28.5 Å². The SMILES string of the molecule is CC1CSCCN1S(=O)(=O)c1cc(Cl)cc(CO)c1F. The van der Waals surface area contributed by atoms with Crippen molar-refractivity contribution in [3.8, 4) is 0 Å². The summed E-state index contributed by atoms with van der Waals surface area (Å²) in [6.07, 6.45) is 0. The minimum atomic E-state index is -3.95. The molecular weight excluding hydrogens is 325 g/mol. The van der Waals surface area contributed by atoms with Gasteiger partial charge >= 0.3 is 0 Å². The van der Waals surface area contributed by atoms with Gasteiger partial charge in [0.1, 0.15) is 10.7 Å². The van der Waals surface area contributed by atoms with Crippen LogP contribution in [0.4, 0.5) is 4.39 Å². The van der Waals surface area contributed by atoms with Gasteiger partial charge in [0.2, 0.25) is 10.0 Å². The second kappa shape index (κ2) is 6.19. The summed E-state index contributed by atoms with van der Waals surface area (Å²) in [5, 5.41) is 9.18. The van der Waals surface area contributed by atoms with Gasteiger partial charge in [-0.25, -0.2) is 12.8 Å². The summed E-state index contributed by atoms with van der Waals surface area (Å²) in [5.74, 6) is 0.426. The Morgan fingerprint density at radius 1 is 1.55 bits per heavy atom. The minimum absolute atomic E-state index is 0.0908. The molecule has 1 N–H and O–H groups in total. The largest absolute Gasteiger partial charge is 0.392 e. The Hall–Kier alpha value is -0.340. The molecule has 1 fully saturated rings. The summed E-state index contributed by atoms with van der Waals surface area (Å²) in [6, 6.07) is 2.13. The van der Waals surface area contributed by atoms with Crippen molar-refractivity contribution in [2.45, 2.75) is 24.5 Å². The Kier molecular flexibility index (Phi) is 4.96. The normalized spacial score (nSPS) is 21.1. The fraction of sp³-hybridized carbons (Fsp3) is 0.500. The molecule has 1 atom stereocenters. The van der Waals surface area contributed by atoms with E-state index < -0.39 is 27.3 Å². The van der Waals surface area contributed by atoms with Crippen molar-refractivity contribution in [1.29, 1.82) is 0 Å². The number of aliphatic hydroxyl groups is 1. The van der Waals surface area contributed by atoms with Gasteiger partial charge in [-0.1, -0.05) is 11.6 Å². The summed E-state index contributed by atoms with van der Waals surface area (Å²) in [7, 11) is -3.95. The molecule has 1 unspecified atom stereocenters. The third-order valence-electron chi connectivity index (χ3n) is 3.14. The van der Waals surface area contributed by atoms with E-state index in [0.29, 0.717) is 18.1 Å². The maximum absolute atomic E-state index is 14.2. The van der Waals surface area contributed by atoms with Crippen molar-refractivity contribution < 1.29 is 17.9 Å². The van der Waals surface area contributed by atoms with Crippen molar-refractivity contribution in [1.82, 2.24) is 4.31 Å². The van der Waals surface area contributed by atoms with Crippen LogP contribution in [0.25, 0.3) is 0 Å². The molecule has 4 nitrogen and oxygen atoms in total. The quantitative estimate of drug-likeness (QED) is 0.916. The van der Waals surface area contributed by atoms with Crippen molar-refractivity contribution in [3.63, 3.8) is 0 Å². The van der Waals surface area contributed by atoms with E-state index in [4.69, 9.17) is 16.7 Å². The lowest BCUT2D eigenvalue weighted by molar-refractivity contribution is 0.274. The lowest BCUT2D eigenvalue weighted by atomic mass is 10.2. The highest BCUT2D eigenvalue weighted by Gasteiger charge is 2.34. The van der Waals surface area contributed by atoms with Crippen molar-refractivity contribution >= 4 is 33.4 Å². The predicted octanol–water partition coefficient (Wildman–Crippen LogP) is 2.10. The fourth-order valence-corrected chi connectivity index (χ4v) is 5.41. The highest BCUT2D eigenvalue weighted by molar-refractivity contribution is 7.99. The van der Waals surface area contributed by atoms with Gasteiger partial charge in [0.05, 0.1) is 6.61 Å². The Morgan fingerprint density at radius 3 is 2.85 bits per heavy atom. The molecule has 0 bridgehead atoms. The lowest BCUT2D eigenvalue weighted by Gasteiger charge is -2.32. The van der Waals surface area contributed by atoms with Gasteiger partial charge in [0, 0.05) is 34.7 Å². The number of halogens is 2. The molecule has 0 spiro atoms. The van der Waals surface area contributed by atoms with E-state index in [9.17, 15) is 12.8 Å². The number of rotatable bonds is 3. The molecular formula is C12H15ClFNO3S2. The standard InChI is InChI=1S/C12H15ClFNO3S2/c1-8-7-19-3-2-15(8)20(17,18)11-5-10(13)4-9(6-16)12(11)14/h4-5,8,16H,2-3,6-7H2,1H3. The van der Waals surface area contributed by atoms with Crippen LogP contribution in [0.2, 0.25) is 5.02 Å². The third kappa shape index (κ3) is 2.96. The fourth-order valence-electron chi connectivity index (χ4n) is 2.12. The minimum Gasteiger partial charge on any atom is -0.392 e. The maximum atomic E-state index is 14.2. The van der Waals surface area contributed by atoms with Gasteiger partial charge in [-0.05, 0) is 19.1 Å². The summed E-state index contributed by atoms with van der Waals surface area (Å²) in [4.78, 5) is -0.465. The Morgan fingerprint density at radius 2 is 2.25 bits per heavy atom. The first-order chi connectivity index (χ1) is 9.37. The van der Waals surface area contributed by atoms with Gasteiger partial charge in [0.25, 0.3) is 0 Å². The molecule has 1 aliphatic heterocycles. The molecule has 0 aromatic heterocycles. The number of aliphatic hydroxyl groups excluding tert-OH is 1. The first kappa shape index (κ1) is 16.0. The molecule has 0 amide bonds. The molecule has 1 heterocycles. The first-order valence-corrected chi connectivity index (χ1v) is 9.03. The highest BCUT2D eigenvalue weighted by atomic mass is 35.5. The van der Waals surface area contributed by atoms with Crippen LogP contribution in [0, 0.1) is 5.82 Å². The van der Waals surface area contributed by atoms with Crippen LogP contribution in [0.1, 0.15) is 12.5 Å². The zero-order valence-corrected chi connectivity index (χ0v) is 13.2. The molecule has 8 heteroatoms. The zero-order valence-electron chi connectivity index (χ0n) is 10.8. The second-order valence-corrected chi connectivity index (χ2v) is 8.02. The number of thioether (sulfide) groups is 1. The van der Waals surface area contributed by atoms with E-state index in [-0.39, 0.29) is 16.6 Å². The molecule has 0 saturated carbocycles. The maximum Gasteiger partial charge on any atom is 0.246 e. The van der Waals surface area contributed by atoms with Gasteiger partial charge in [-0.2, -0.15) is 16.1 Å². The Labute approximate surface area is 127 Å². The molecule has 0 radical (unpaired) electrons. The number of hydrogen-bond acceptors (Lipinski definition) is 4. The number of sulfonamides is 1. The first-order valence-electron chi connectivity index (χ1n) is 6.06. The smallest absolute Gasteiger partial charge is 0.246 e. The molecule has 1 saturated heterocycles. The zero-order chi connectivity index (χ0) is 14.9. The van der Waals surface area contributed by atoms with E-state index in [1.807, 2.05) is 0 Å². The monoisotopic (exact) mass is 339 g/mol. The molecule has 1 aromatic carbocycles. The number of nitrogens with zero attached hydrogens (tertiary/aromatic N) is 1. The molecule has 112 valence electrons. The van der Waals surface area contributed by atoms with Crippen LogP contribution in [0.3, 0.4) is 0 Å². The van der Waals surface area contributed by atoms with E-state index in [1.54, 1.807) is 18.7 Å². The van der Waals surface area contributed by atoms with Crippen LogP contribution in [0.15, 0.2) is 17.0 Å². The average molecular weight is 340 g/mol. The molecule has 2 rings (SSSR count). The van der Waals surface area contributed by atoms with Crippen LogP contribution in [0.5, 0.6) is 0 Å². The van der Waals surface area contributed by atoms with Gasteiger partial charge in [0.15, 0.2) is 0 Å². The Balaban J connectivity index is 2.51. The van der Waals surface area contributed by atoms with Gasteiger partial charge in [-0.15, -0.1) is 0 Å². The summed E-state index contributed by atoms with van der Waals surface area (Å²) in [5.41, 5.74) is -0.116. The molecule has 0 aliphatic carbocycles. The molecule has 1 aromatic rings. The van der Waals surface area contributed by atoms with E-state index >= 15 is 0 Å². The van der Waals surface area contributed by atoms with Crippen LogP contribution >= 0.6 is 23.4 Å². The van der Waals surface area contributed by atoms with Gasteiger partial charge < -0.3 is 5.11 Å². The highest BCUT2D eigenvalue weighted by Crippen LogP contribution is 2.29. The van der Waals surface area contributed by atoms with E-state index in [2.05, 4.69) is 0 Å². The van der Waals surface area contributed by atoms with Crippen LogP contribution in [-0.4, -0.2) is 41.9 Å². The second-order valence-electron chi connectivity index (χ2n) is 4.57. The van der Waals surface area contributed by atoms with Crippen LogP contribution < -0.4 is 0 Å².